The first-order valence-corrected chi connectivity index (χ1v) is 9.65. The van der Waals surface area contributed by atoms with Gasteiger partial charge in [0.15, 0.2) is 0 Å². The molecule has 2 aromatic carbocycles. The van der Waals surface area contributed by atoms with E-state index in [1.807, 2.05) is 37.3 Å². The number of carbonyl (C=O) groups is 1. The number of benzene rings is 2. The molecule has 1 N–H and O–H groups in total. The van der Waals surface area contributed by atoms with E-state index in [4.69, 9.17) is 9.47 Å². The minimum absolute atomic E-state index is 0.0672. The van der Waals surface area contributed by atoms with Crippen molar-refractivity contribution < 1.29 is 14.3 Å². The summed E-state index contributed by atoms with van der Waals surface area (Å²) in [5.41, 5.74) is 2.64. The van der Waals surface area contributed by atoms with Gasteiger partial charge in [-0.15, -0.1) is 0 Å². The van der Waals surface area contributed by atoms with Crippen LogP contribution in [0.3, 0.4) is 0 Å². The van der Waals surface area contributed by atoms with Crippen LogP contribution in [0.5, 0.6) is 11.5 Å². The lowest BCUT2D eigenvalue weighted by Crippen LogP contribution is -2.32. The molecule has 1 amide bonds. The van der Waals surface area contributed by atoms with Crippen LogP contribution >= 0.6 is 0 Å². The van der Waals surface area contributed by atoms with Gasteiger partial charge >= 0.3 is 0 Å². The van der Waals surface area contributed by atoms with Crippen LogP contribution in [0.4, 0.5) is 0 Å². The zero-order valence-corrected chi connectivity index (χ0v) is 17.0. The summed E-state index contributed by atoms with van der Waals surface area (Å²) in [7, 11) is 1.63. The van der Waals surface area contributed by atoms with Crippen molar-refractivity contribution >= 4 is 5.91 Å². The van der Waals surface area contributed by atoms with Crippen LogP contribution in [0.2, 0.25) is 0 Å². The zero-order chi connectivity index (χ0) is 19.8. The van der Waals surface area contributed by atoms with Crippen LogP contribution in [0, 0.1) is 0 Å². The second-order valence-electron chi connectivity index (χ2n) is 7.17. The molecule has 0 aliphatic carbocycles. The lowest BCUT2D eigenvalue weighted by atomic mass is 10.0. The fourth-order valence-electron chi connectivity index (χ4n) is 3.09. The van der Waals surface area contributed by atoms with Gasteiger partial charge in [-0.05, 0) is 49.1 Å². The highest BCUT2D eigenvalue weighted by Crippen LogP contribution is 2.28. The maximum absolute atomic E-state index is 12.5. The summed E-state index contributed by atoms with van der Waals surface area (Å²) >= 11 is 0. The fraction of sp³-hybridized carbons (Fsp3) is 0.435. The second kappa shape index (κ2) is 10.0. The Morgan fingerprint density at radius 2 is 1.81 bits per heavy atom. The molecule has 2 aromatic rings. The van der Waals surface area contributed by atoms with Gasteiger partial charge in [-0.3, -0.25) is 4.79 Å². The van der Waals surface area contributed by atoms with Crippen molar-refractivity contribution in [2.75, 3.05) is 7.11 Å². The Kier molecular flexibility index (Phi) is 7.71. The molecule has 0 aliphatic heterocycles. The molecule has 0 fully saturated rings. The number of nitrogens with one attached hydrogen (secondary N) is 1. The lowest BCUT2D eigenvalue weighted by molar-refractivity contribution is 0.0938. The molecular weight excluding hydrogens is 338 g/mol. The number of para-hydroxylation sites is 1. The first-order chi connectivity index (χ1) is 13.0. The Balaban J connectivity index is 2.17. The van der Waals surface area contributed by atoms with Crippen molar-refractivity contribution in [1.29, 1.82) is 0 Å². The highest BCUT2D eigenvalue weighted by atomic mass is 16.5. The highest BCUT2D eigenvalue weighted by molar-refractivity contribution is 5.94. The number of methoxy groups -OCH3 is 1. The van der Waals surface area contributed by atoms with Gasteiger partial charge in [0.1, 0.15) is 18.1 Å². The number of amides is 1. The Bertz CT molecular complexity index is 755. The zero-order valence-electron chi connectivity index (χ0n) is 17.0. The van der Waals surface area contributed by atoms with Crippen LogP contribution in [-0.4, -0.2) is 19.1 Å². The SMILES string of the molecule is CCC[C@H](C)NC(=O)c1ccc(OC)c(COc2ccccc2C(C)C)c1. The first kappa shape index (κ1) is 20.8. The summed E-state index contributed by atoms with van der Waals surface area (Å²) in [4.78, 5) is 12.5. The Labute approximate surface area is 162 Å². The Hall–Kier alpha value is -2.49. The molecule has 4 heteroatoms. The van der Waals surface area contributed by atoms with E-state index in [1.54, 1.807) is 13.2 Å². The van der Waals surface area contributed by atoms with E-state index in [1.165, 1.54) is 5.56 Å². The number of carbonyl (C=O) groups excluding carboxylic acids is 1. The van der Waals surface area contributed by atoms with E-state index in [0.717, 1.165) is 29.9 Å². The first-order valence-electron chi connectivity index (χ1n) is 9.65. The van der Waals surface area contributed by atoms with Crippen molar-refractivity contribution in [3.8, 4) is 11.5 Å². The van der Waals surface area contributed by atoms with Crippen LogP contribution in [0.15, 0.2) is 42.5 Å². The summed E-state index contributed by atoms with van der Waals surface area (Å²) in [6, 6.07) is 13.7. The number of hydrogen-bond donors (Lipinski definition) is 1. The minimum atomic E-state index is -0.0672. The predicted molar refractivity (Wildman–Crippen MR) is 110 cm³/mol. The summed E-state index contributed by atoms with van der Waals surface area (Å²) < 4.78 is 11.5. The van der Waals surface area contributed by atoms with Gasteiger partial charge in [0.2, 0.25) is 0 Å². The maximum atomic E-state index is 12.5. The van der Waals surface area contributed by atoms with Crippen molar-refractivity contribution in [2.24, 2.45) is 0 Å². The molecular formula is C23H31NO3. The highest BCUT2D eigenvalue weighted by Gasteiger charge is 2.14. The summed E-state index contributed by atoms with van der Waals surface area (Å²) in [5, 5.41) is 3.04. The van der Waals surface area contributed by atoms with E-state index >= 15 is 0 Å². The molecule has 0 unspecified atom stereocenters. The normalized spacial score (nSPS) is 11.9. The fourth-order valence-corrected chi connectivity index (χ4v) is 3.09. The van der Waals surface area contributed by atoms with E-state index in [9.17, 15) is 4.79 Å². The number of hydrogen-bond acceptors (Lipinski definition) is 3. The van der Waals surface area contributed by atoms with Crippen molar-refractivity contribution in [1.82, 2.24) is 5.32 Å². The Morgan fingerprint density at radius 1 is 1.07 bits per heavy atom. The quantitative estimate of drug-likeness (QED) is 0.651. The van der Waals surface area contributed by atoms with Crippen molar-refractivity contribution in [2.45, 2.75) is 59.1 Å². The van der Waals surface area contributed by atoms with Gasteiger partial charge in [-0.2, -0.15) is 0 Å². The monoisotopic (exact) mass is 369 g/mol. The molecule has 2 rings (SSSR count). The molecule has 0 bridgehead atoms. The molecule has 0 saturated carbocycles. The molecule has 27 heavy (non-hydrogen) atoms. The van der Waals surface area contributed by atoms with Gasteiger partial charge in [-0.1, -0.05) is 45.4 Å². The van der Waals surface area contributed by atoms with Crippen molar-refractivity contribution in [3.63, 3.8) is 0 Å². The maximum Gasteiger partial charge on any atom is 0.251 e. The summed E-state index contributed by atoms with van der Waals surface area (Å²) in [5.74, 6) is 1.89. The van der Waals surface area contributed by atoms with Gasteiger partial charge in [0.25, 0.3) is 5.91 Å². The summed E-state index contributed by atoms with van der Waals surface area (Å²) in [6.07, 6.45) is 2.00. The molecule has 0 radical (unpaired) electrons. The van der Waals surface area contributed by atoms with E-state index in [2.05, 4.69) is 32.2 Å². The van der Waals surface area contributed by atoms with E-state index < -0.39 is 0 Å². The minimum Gasteiger partial charge on any atom is -0.496 e. The molecule has 0 aliphatic rings. The molecule has 0 heterocycles. The molecule has 0 spiro atoms. The van der Waals surface area contributed by atoms with Gasteiger partial charge in [0.05, 0.1) is 7.11 Å². The average Bonchev–Trinajstić information content (AvgIpc) is 2.66. The largest absolute Gasteiger partial charge is 0.496 e. The average molecular weight is 370 g/mol. The van der Waals surface area contributed by atoms with Gasteiger partial charge in [0, 0.05) is 17.2 Å². The summed E-state index contributed by atoms with van der Waals surface area (Å²) in [6.45, 7) is 8.77. The third kappa shape index (κ3) is 5.75. The smallest absolute Gasteiger partial charge is 0.251 e. The van der Waals surface area contributed by atoms with E-state index in [-0.39, 0.29) is 11.9 Å². The topological polar surface area (TPSA) is 47.6 Å². The van der Waals surface area contributed by atoms with Crippen LogP contribution in [-0.2, 0) is 6.61 Å². The molecule has 1 atom stereocenters. The predicted octanol–water partition coefficient (Wildman–Crippen LogP) is 5.32. The second-order valence-corrected chi connectivity index (χ2v) is 7.17. The van der Waals surface area contributed by atoms with E-state index in [0.29, 0.717) is 18.1 Å². The van der Waals surface area contributed by atoms with Crippen LogP contribution in [0.25, 0.3) is 0 Å². The lowest BCUT2D eigenvalue weighted by Gasteiger charge is -2.17. The third-order valence-corrected chi connectivity index (χ3v) is 4.57. The van der Waals surface area contributed by atoms with Crippen LogP contribution < -0.4 is 14.8 Å². The molecule has 4 nitrogen and oxygen atoms in total. The van der Waals surface area contributed by atoms with Gasteiger partial charge < -0.3 is 14.8 Å². The third-order valence-electron chi connectivity index (χ3n) is 4.57. The number of rotatable bonds is 9. The van der Waals surface area contributed by atoms with Gasteiger partial charge in [-0.25, -0.2) is 0 Å². The molecule has 0 saturated heterocycles. The Morgan fingerprint density at radius 3 is 2.48 bits per heavy atom. The molecule has 146 valence electrons. The van der Waals surface area contributed by atoms with Crippen molar-refractivity contribution in [3.05, 3.63) is 59.2 Å². The molecule has 0 aromatic heterocycles. The number of ether oxygens (including phenoxy) is 2. The van der Waals surface area contributed by atoms with Crippen LogP contribution in [0.1, 0.15) is 67.9 Å². The standard InChI is InChI=1S/C23H31NO3/c1-6-9-17(4)24-23(25)18-12-13-21(26-5)19(14-18)15-27-22-11-8-7-10-20(22)16(2)3/h7-8,10-14,16-17H,6,9,15H2,1-5H3,(H,24,25)/t17-/m0/s1.